The van der Waals surface area contributed by atoms with E-state index in [0.717, 1.165) is 11.3 Å². The largest absolute Gasteiger partial charge is 0.299 e. The molecule has 1 nitrogen and oxygen atoms in total. The second-order valence-corrected chi connectivity index (χ2v) is 5.67. The molecule has 0 bridgehead atoms. The molecule has 0 N–H and O–H groups in total. The lowest BCUT2D eigenvalue weighted by Gasteiger charge is -2.03. The van der Waals surface area contributed by atoms with Crippen LogP contribution in [0.5, 0.6) is 0 Å². The molecule has 0 aromatic heterocycles. The molecule has 2 aromatic carbocycles. The van der Waals surface area contributed by atoms with E-state index >= 15 is 0 Å². The molecule has 0 fully saturated rings. The quantitative estimate of drug-likeness (QED) is 0.721. The van der Waals surface area contributed by atoms with Gasteiger partial charge in [-0.15, -0.1) is 11.8 Å². The van der Waals surface area contributed by atoms with Gasteiger partial charge in [0.1, 0.15) is 5.78 Å². The summed E-state index contributed by atoms with van der Waals surface area (Å²) >= 11 is 7.56. The predicted molar refractivity (Wildman–Crippen MR) is 81.9 cm³/mol. The first-order chi connectivity index (χ1) is 9.25. The molecular weight excluding hydrogens is 276 g/mol. The maximum absolute atomic E-state index is 11.8. The zero-order chi connectivity index (χ0) is 13.5. The number of carbonyl (C=O) groups is 1. The van der Waals surface area contributed by atoms with E-state index in [9.17, 15) is 4.79 Å². The maximum atomic E-state index is 11.8. The van der Waals surface area contributed by atoms with Crippen molar-refractivity contribution in [1.29, 1.82) is 0 Å². The van der Waals surface area contributed by atoms with Gasteiger partial charge in [0.05, 0.1) is 10.8 Å². The van der Waals surface area contributed by atoms with Gasteiger partial charge < -0.3 is 0 Å². The van der Waals surface area contributed by atoms with Gasteiger partial charge in [0, 0.05) is 11.3 Å². The Morgan fingerprint density at radius 2 is 1.68 bits per heavy atom. The number of thioether (sulfide) groups is 1. The second-order valence-electron chi connectivity index (χ2n) is 4.24. The molecule has 2 aromatic rings. The molecule has 0 aliphatic carbocycles. The van der Waals surface area contributed by atoms with Crippen LogP contribution in [0.15, 0.2) is 59.5 Å². The number of ketones is 1. The summed E-state index contributed by atoms with van der Waals surface area (Å²) < 4.78 is 0. The number of carbonyl (C=O) groups excluding carboxylic acids is 1. The molecule has 0 radical (unpaired) electrons. The fourth-order valence-electron chi connectivity index (χ4n) is 1.72. The highest BCUT2D eigenvalue weighted by Gasteiger charge is 2.06. The average molecular weight is 291 g/mol. The van der Waals surface area contributed by atoms with Gasteiger partial charge in [-0.2, -0.15) is 0 Å². The van der Waals surface area contributed by atoms with Crippen molar-refractivity contribution in [2.24, 2.45) is 0 Å². The average Bonchev–Trinajstić information content (AvgIpc) is 2.45. The number of hydrogen-bond acceptors (Lipinski definition) is 2. The van der Waals surface area contributed by atoms with Crippen molar-refractivity contribution in [1.82, 2.24) is 0 Å². The van der Waals surface area contributed by atoms with Crippen LogP contribution in [0.1, 0.15) is 12.0 Å². The Morgan fingerprint density at radius 3 is 2.42 bits per heavy atom. The van der Waals surface area contributed by atoms with Crippen molar-refractivity contribution < 1.29 is 4.79 Å². The van der Waals surface area contributed by atoms with Crippen molar-refractivity contribution in [2.45, 2.75) is 17.7 Å². The number of aryl methyl sites for hydroxylation is 1. The number of benzene rings is 2. The molecule has 0 amide bonds. The Kier molecular flexibility index (Phi) is 5.49. The predicted octanol–water partition coefficient (Wildman–Crippen LogP) is 4.63. The zero-order valence-corrected chi connectivity index (χ0v) is 12.1. The summed E-state index contributed by atoms with van der Waals surface area (Å²) in [6, 6.07) is 17.7. The minimum Gasteiger partial charge on any atom is -0.299 e. The molecule has 98 valence electrons. The Bertz CT molecular complexity index is 539. The molecule has 0 atom stereocenters. The van der Waals surface area contributed by atoms with Crippen LogP contribution in [0.2, 0.25) is 5.02 Å². The van der Waals surface area contributed by atoms with E-state index < -0.39 is 0 Å². The number of halogens is 1. The monoisotopic (exact) mass is 290 g/mol. The van der Waals surface area contributed by atoms with Gasteiger partial charge in [-0.1, -0.05) is 54.1 Å². The number of rotatable bonds is 6. The van der Waals surface area contributed by atoms with E-state index in [1.165, 1.54) is 17.3 Å². The van der Waals surface area contributed by atoms with Gasteiger partial charge in [0.25, 0.3) is 0 Å². The van der Waals surface area contributed by atoms with Crippen molar-refractivity contribution in [3.63, 3.8) is 0 Å². The summed E-state index contributed by atoms with van der Waals surface area (Å²) in [6.45, 7) is 0. The summed E-state index contributed by atoms with van der Waals surface area (Å²) in [4.78, 5) is 12.8. The van der Waals surface area contributed by atoms with Crippen LogP contribution < -0.4 is 0 Å². The smallest absolute Gasteiger partial charge is 0.143 e. The molecule has 3 heteroatoms. The first-order valence-corrected chi connectivity index (χ1v) is 7.55. The van der Waals surface area contributed by atoms with Crippen LogP contribution >= 0.6 is 23.4 Å². The lowest BCUT2D eigenvalue weighted by molar-refractivity contribution is -0.116. The third-order valence-corrected chi connectivity index (χ3v) is 4.34. The van der Waals surface area contributed by atoms with Crippen LogP contribution in [0.4, 0.5) is 0 Å². The minimum absolute atomic E-state index is 0.258. The minimum atomic E-state index is 0.258. The van der Waals surface area contributed by atoms with Gasteiger partial charge in [0.15, 0.2) is 0 Å². The molecular formula is C16H15ClOS. The highest BCUT2D eigenvalue weighted by Crippen LogP contribution is 2.26. The van der Waals surface area contributed by atoms with Crippen molar-refractivity contribution in [3.05, 3.63) is 65.2 Å². The van der Waals surface area contributed by atoms with Crippen molar-refractivity contribution in [3.8, 4) is 0 Å². The van der Waals surface area contributed by atoms with Crippen LogP contribution in [0.3, 0.4) is 0 Å². The van der Waals surface area contributed by atoms with E-state index in [1.807, 2.05) is 42.5 Å². The zero-order valence-electron chi connectivity index (χ0n) is 10.5. The van der Waals surface area contributed by atoms with Gasteiger partial charge in [-0.3, -0.25) is 4.79 Å². The fraction of sp³-hybridized carbons (Fsp3) is 0.188. The van der Waals surface area contributed by atoms with E-state index in [0.29, 0.717) is 17.2 Å². The number of hydrogen-bond donors (Lipinski definition) is 0. The van der Waals surface area contributed by atoms with Crippen molar-refractivity contribution in [2.75, 3.05) is 5.75 Å². The van der Waals surface area contributed by atoms with Gasteiger partial charge in [-0.05, 0) is 24.1 Å². The normalized spacial score (nSPS) is 10.4. The Labute approximate surface area is 123 Å². The highest BCUT2D eigenvalue weighted by molar-refractivity contribution is 8.00. The van der Waals surface area contributed by atoms with Crippen molar-refractivity contribution >= 4 is 29.1 Å². The SMILES string of the molecule is O=C(CCc1ccccc1)CSc1ccccc1Cl. The van der Waals surface area contributed by atoms with Gasteiger partial charge in [0.2, 0.25) is 0 Å². The fourth-order valence-corrected chi connectivity index (χ4v) is 2.86. The first-order valence-electron chi connectivity index (χ1n) is 6.18. The summed E-state index contributed by atoms with van der Waals surface area (Å²) in [5.41, 5.74) is 1.21. The summed E-state index contributed by atoms with van der Waals surface area (Å²) in [5.74, 6) is 0.741. The molecule has 0 unspecified atom stereocenters. The van der Waals surface area contributed by atoms with Crippen LogP contribution in [-0.2, 0) is 11.2 Å². The Balaban J connectivity index is 1.78. The first kappa shape index (κ1) is 14.2. The molecule has 0 spiro atoms. The van der Waals surface area contributed by atoms with Crippen LogP contribution in [0, 0.1) is 0 Å². The van der Waals surface area contributed by atoms with Gasteiger partial charge in [-0.25, -0.2) is 0 Å². The van der Waals surface area contributed by atoms with Crippen LogP contribution in [-0.4, -0.2) is 11.5 Å². The summed E-state index contributed by atoms with van der Waals surface area (Å²) in [5, 5.41) is 0.711. The molecule has 19 heavy (non-hydrogen) atoms. The molecule has 0 aliphatic heterocycles. The maximum Gasteiger partial charge on any atom is 0.143 e. The summed E-state index contributed by atoms with van der Waals surface area (Å²) in [6.07, 6.45) is 1.39. The van der Waals surface area contributed by atoms with E-state index in [-0.39, 0.29) is 5.78 Å². The van der Waals surface area contributed by atoms with Gasteiger partial charge >= 0.3 is 0 Å². The Morgan fingerprint density at radius 1 is 1.00 bits per heavy atom. The lowest BCUT2D eigenvalue weighted by Crippen LogP contribution is -2.03. The summed E-state index contributed by atoms with van der Waals surface area (Å²) in [7, 11) is 0. The third kappa shape index (κ3) is 4.73. The molecule has 0 saturated heterocycles. The molecule has 0 heterocycles. The molecule has 0 saturated carbocycles. The Hall–Kier alpha value is -1.25. The molecule has 2 rings (SSSR count). The third-order valence-electron chi connectivity index (χ3n) is 2.76. The van der Waals surface area contributed by atoms with Crippen LogP contribution in [0.25, 0.3) is 0 Å². The molecule has 0 aliphatic rings. The lowest BCUT2D eigenvalue weighted by atomic mass is 10.1. The number of Topliss-reactive ketones (excluding diaryl/α,β-unsaturated/α-hetero) is 1. The standard InChI is InChI=1S/C16H15ClOS/c17-15-8-4-5-9-16(15)19-12-14(18)11-10-13-6-2-1-3-7-13/h1-9H,10-12H2. The second kappa shape index (κ2) is 7.37. The van der Waals surface area contributed by atoms with E-state index in [1.54, 1.807) is 0 Å². The topological polar surface area (TPSA) is 17.1 Å². The highest BCUT2D eigenvalue weighted by atomic mass is 35.5. The van der Waals surface area contributed by atoms with E-state index in [4.69, 9.17) is 11.6 Å². The van der Waals surface area contributed by atoms with E-state index in [2.05, 4.69) is 12.1 Å².